The van der Waals surface area contributed by atoms with Gasteiger partial charge < -0.3 is 0 Å². The van der Waals surface area contributed by atoms with Crippen LogP contribution in [0.5, 0.6) is 0 Å². The number of halogens is 1. The lowest BCUT2D eigenvalue weighted by molar-refractivity contribution is 0.318. The molecule has 0 atom stereocenters. The van der Waals surface area contributed by atoms with Crippen molar-refractivity contribution in [1.82, 2.24) is 4.42 Å². The Hall–Kier alpha value is 0.250. The molecule has 47 valence electrons. The molecular weight excluding hydrogens is 122 g/mol. The Morgan fingerprint density at radius 1 is 1.38 bits per heavy atom. The minimum absolute atomic E-state index is 0.644. The first-order valence-corrected chi connectivity index (χ1v) is 3.36. The molecule has 0 aromatic heterocycles. The summed E-state index contributed by atoms with van der Waals surface area (Å²) in [5.41, 5.74) is 0. The van der Waals surface area contributed by atoms with Gasteiger partial charge in [0.1, 0.15) is 0 Å². The smallest absolute Gasteiger partial charge is 0.0141 e. The fourth-order valence-corrected chi connectivity index (χ4v) is 1.10. The fraction of sp³-hybridized carbons (Fsp3) is 0.833. The summed E-state index contributed by atoms with van der Waals surface area (Å²) in [6.07, 6.45) is 2.31. The summed E-state index contributed by atoms with van der Waals surface area (Å²) in [5.74, 6) is 0.644. The number of rotatable bonds is 0. The van der Waals surface area contributed by atoms with Crippen molar-refractivity contribution < 1.29 is 0 Å². The van der Waals surface area contributed by atoms with E-state index in [4.69, 9.17) is 11.8 Å². The van der Waals surface area contributed by atoms with Crippen molar-refractivity contribution in [2.75, 3.05) is 13.1 Å². The third-order valence-electron chi connectivity index (χ3n) is 1.56. The molecule has 1 rings (SSSR count). The third-order valence-corrected chi connectivity index (χ3v) is 1.90. The molecule has 2 heteroatoms. The number of piperidine rings is 1. The molecule has 1 heterocycles. The fourth-order valence-electron chi connectivity index (χ4n) is 0.901. The van der Waals surface area contributed by atoms with Gasteiger partial charge in [-0.3, -0.25) is 0 Å². The normalized spacial score (nSPS) is 26.2. The minimum Gasteiger partial charge on any atom is -0.220 e. The first kappa shape index (κ1) is 6.37. The van der Waals surface area contributed by atoms with Gasteiger partial charge in [0, 0.05) is 13.1 Å². The van der Waals surface area contributed by atoms with Gasteiger partial charge >= 0.3 is 0 Å². The van der Waals surface area contributed by atoms with Crippen molar-refractivity contribution in [2.45, 2.75) is 12.8 Å². The maximum Gasteiger partial charge on any atom is 0.0141 e. The molecule has 1 radical (unpaired) electrons. The highest BCUT2D eigenvalue weighted by atomic mass is 35.5. The van der Waals surface area contributed by atoms with Crippen LogP contribution in [0.4, 0.5) is 0 Å². The van der Waals surface area contributed by atoms with E-state index in [9.17, 15) is 0 Å². The van der Waals surface area contributed by atoms with E-state index in [2.05, 4.69) is 6.92 Å². The van der Waals surface area contributed by atoms with E-state index < -0.39 is 0 Å². The van der Waals surface area contributed by atoms with Crippen LogP contribution >= 0.6 is 11.8 Å². The summed E-state index contributed by atoms with van der Waals surface area (Å²) in [6, 6.07) is 0. The topological polar surface area (TPSA) is 3.24 Å². The van der Waals surface area contributed by atoms with Crippen molar-refractivity contribution in [3.63, 3.8) is 0 Å². The zero-order chi connectivity index (χ0) is 5.98. The molecule has 0 saturated carbocycles. The molecule has 0 N–H and O–H groups in total. The Kier molecular flexibility index (Phi) is 2.15. The van der Waals surface area contributed by atoms with Crippen molar-refractivity contribution >= 4 is 11.8 Å². The average molecular weight is 133 g/mol. The molecular formula is C6H11ClN. The lowest BCUT2D eigenvalue weighted by Crippen LogP contribution is -2.24. The molecule has 0 amide bonds. The molecule has 0 bridgehead atoms. The zero-order valence-corrected chi connectivity index (χ0v) is 5.69. The van der Waals surface area contributed by atoms with Gasteiger partial charge in [-0.25, -0.2) is 4.42 Å². The van der Waals surface area contributed by atoms with Crippen molar-refractivity contribution in [3.8, 4) is 0 Å². The molecule has 0 unspecified atom stereocenters. The van der Waals surface area contributed by atoms with E-state index in [0.717, 1.165) is 25.9 Å². The van der Waals surface area contributed by atoms with Gasteiger partial charge in [0.05, 0.1) is 0 Å². The molecule has 1 aliphatic heterocycles. The Labute approximate surface area is 55.7 Å². The highest BCUT2D eigenvalue weighted by Crippen LogP contribution is 2.16. The summed E-state index contributed by atoms with van der Waals surface area (Å²) in [6.45, 7) is 5.97. The van der Waals surface area contributed by atoms with Crippen LogP contribution < -0.4 is 0 Å². The summed E-state index contributed by atoms with van der Waals surface area (Å²) in [4.78, 5) is 0. The van der Waals surface area contributed by atoms with Crippen LogP contribution in [0, 0.1) is 12.8 Å². The van der Waals surface area contributed by atoms with Crippen LogP contribution in [0.15, 0.2) is 0 Å². The molecule has 0 spiro atoms. The second-order valence-corrected chi connectivity index (χ2v) is 2.83. The number of hydrogen-bond donors (Lipinski definition) is 0. The van der Waals surface area contributed by atoms with Crippen LogP contribution in [0.25, 0.3) is 0 Å². The molecule has 0 aliphatic carbocycles. The molecule has 1 aliphatic rings. The third kappa shape index (κ3) is 1.64. The van der Waals surface area contributed by atoms with Gasteiger partial charge in [-0.15, -0.1) is 0 Å². The predicted molar refractivity (Wildman–Crippen MR) is 35.5 cm³/mol. The molecule has 1 saturated heterocycles. The maximum atomic E-state index is 5.69. The Bertz CT molecular complexity index is 56.9. The van der Waals surface area contributed by atoms with Gasteiger partial charge in [-0.05, 0) is 30.5 Å². The quantitative estimate of drug-likeness (QED) is 0.454. The van der Waals surface area contributed by atoms with Crippen molar-refractivity contribution in [3.05, 3.63) is 6.92 Å². The zero-order valence-electron chi connectivity index (χ0n) is 4.94. The Morgan fingerprint density at radius 2 is 1.88 bits per heavy atom. The predicted octanol–water partition coefficient (Wildman–Crippen LogP) is 1.69. The lowest BCUT2D eigenvalue weighted by atomic mass is 10.0. The summed E-state index contributed by atoms with van der Waals surface area (Å²) in [5, 5.41) is 0. The van der Waals surface area contributed by atoms with Gasteiger partial charge in [0.2, 0.25) is 0 Å². The highest BCUT2D eigenvalue weighted by Gasteiger charge is 2.12. The summed E-state index contributed by atoms with van der Waals surface area (Å²) in [7, 11) is 0. The van der Waals surface area contributed by atoms with E-state index in [0.29, 0.717) is 5.92 Å². The largest absolute Gasteiger partial charge is 0.220 e. The summed E-state index contributed by atoms with van der Waals surface area (Å²) < 4.78 is 1.84. The SMILES string of the molecule is [CH2]C1CCN(Cl)CC1. The Morgan fingerprint density at radius 3 is 2.25 bits per heavy atom. The lowest BCUT2D eigenvalue weighted by Gasteiger charge is -2.23. The molecule has 1 fully saturated rings. The van der Waals surface area contributed by atoms with Gasteiger partial charge in [0.15, 0.2) is 0 Å². The van der Waals surface area contributed by atoms with Crippen LogP contribution in [0.1, 0.15) is 12.8 Å². The van der Waals surface area contributed by atoms with Gasteiger partial charge in [-0.2, -0.15) is 0 Å². The first-order valence-electron chi connectivity index (χ1n) is 3.03. The van der Waals surface area contributed by atoms with E-state index in [1.54, 1.807) is 0 Å². The number of hydrogen-bond acceptors (Lipinski definition) is 1. The van der Waals surface area contributed by atoms with Gasteiger partial charge in [-0.1, -0.05) is 6.92 Å². The monoisotopic (exact) mass is 132 g/mol. The van der Waals surface area contributed by atoms with Crippen molar-refractivity contribution in [2.24, 2.45) is 5.92 Å². The minimum atomic E-state index is 0.644. The van der Waals surface area contributed by atoms with Crippen LogP contribution in [-0.4, -0.2) is 17.5 Å². The van der Waals surface area contributed by atoms with E-state index >= 15 is 0 Å². The second-order valence-electron chi connectivity index (χ2n) is 2.35. The highest BCUT2D eigenvalue weighted by molar-refractivity contribution is 6.13. The molecule has 0 aromatic rings. The Balaban J connectivity index is 2.19. The average Bonchev–Trinajstić information content (AvgIpc) is 1.77. The first-order chi connectivity index (χ1) is 3.79. The molecule has 0 aromatic carbocycles. The van der Waals surface area contributed by atoms with Gasteiger partial charge in [0.25, 0.3) is 0 Å². The van der Waals surface area contributed by atoms with Crippen molar-refractivity contribution in [1.29, 1.82) is 0 Å². The number of nitrogens with zero attached hydrogens (tertiary/aromatic N) is 1. The second kappa shape index (κ2) is 2.70. The van der Waals surface area contributed by atoms with E-state index in [-0.39, 0.29) is 0 Å². The summed E-state index contributed by atoms with van der Waals surface area (Å²) >= 11 is 5.69. The standard InChI is InChI=1S/C6H11ClN/c1-6-2-4-8(7)5-3-6/h6H,1-5H2. The van der Waals surface area contributed by atoms with Crippen LogP contribution in [0.3, 0.4) is 0 Å². The van der Waals surface area contributed by atoms with E-state index in [1.165, 1.54) is 0 Å². The maximum absolute atomic E-state index is 5.69. The molecule has 8 heavy (non-hydrogen) atoms. The molecule has 1 nitrogen and oxygen atoms in total. The van der Waals surface area contributed by atoms with E-state index in [1.807, 2.05) is 4.42 Å². The van der Waals surface area contributed by atoms with Crippen LogP contribution in [-0.2, 0) is 0 Å². The van der Waals surface area contributed by atoms with Crippen LogP contribution in [0.2, 0.25) is 0 Å².